The molecule has 7 aromatic carbocycles. The molecule has 3 aliphatic rings. The molecule has 3 atom stereocenters. The summed E-state index contributed by atoms with van der Waals surface area (Å²) < 4.78 is 31.2. The summed E-state index contributed by atoms with van der Waals surface area (Å²) in [6.45, 7) is 49.6. The maximum Gasteiger partial charge on any atom is 0.119 e. The molecule has 0 radical (unpaired) electrons. The Morgan fingerprint density at radius 2 is 0.361 bits per heavy atom. The van der Waals surface area contributed by atoms with Gasteiger partial charge in [0, 0.05) is 0 Å². The highest BCUT2D eigenvalue weighted by Gasteiger charge is 2.24. The van der Waals surface area contributed by atoms with Gasteiger partial charge in [-0.05, 0) is 58.7 Å². The fourth-order valence-corrected chi connectivity index (χ4v) is 5.13. The minimum atomic E-state index is 0.343. The number of epoxide rings is 3. The molecule has 3 unspecified atom stereocenters. The third kappa shape index (κ3) is 61.7. The van der Waals surface area contributed by atoms with Gasteiger partial charge >= 0.3 is 0 Å². The van der Waals surface area contributed by atoms with E-state index in [1.54, 1.807) is 0 Å². The van der Waals surface area contributed by atoms with Crippen LogP contribution in [0.1, 0.15) is 178 Å². The predicted octanol–water partition coefficient (Wildman–Crippen LogP) is 23.9. The van der Waals surface area contributed by atoms with Crippen LogP contribution in [-0.2, 0) is 14.2 Å². The first kappa shape index (κ1) is 88.1. The molecule has 3 fully saturated rings. The molecule has 3 heterocycles. The number of ether oxygens (including phenoxy) is 6. The summed E-state index contributed by atoms with van der Waals surface area (Å²) in [4.78, 5) is 0. The third-order valence-corrected chi connectivity index (χ3v) is 8.51. The van der Waals surface area contributed by atoms with Crippen LogP contribution in [-0.4, -0.2) is 58.0 Å². The maximum absolute atomic E-state index is 5.40. The summed E-state index contributed by atoms with van der Waals surface area (Å²) in [6.07, 6.45) is 6.03. The van der Waals surface area contributed by atoms with Gasteiger partial charge in [-0.3, -0.25) is 0 Å². The molecule has 0 aliphatic carbocycles. The Bertz CT molecular complexity index is 1820. The van der Waals surface area contributed by atoms with Crippen LogP contribution in [0.2, 0.25) is 0 Å². The van der Waals surface area contributed by atoms with Crippen molar-refractivity contribution in [2.24, 2.45) is 0 Å². The van der Waals surface area contributed by atoms with Gasteiger partial charge in [0.1, 0.15) is 55.4 Å². The topological polar surface area (TPSA) is 65.3 Å². The van der Waals surface area contributed by atoms with Crippen molar-refractivity contribution in [3.63, 3.8) is 0 Å². The SMILES string of the molecule is CC.CC.CC.CC.CC.CC.CC.CCC.CCC.CCC.CCC.c1ccc(-c2ccccc2)cc1.c1ccc(-c2ccccc2)cc1.c1ccc(OCC2CO2)cc1.c1ccc(OCC2CO2)cc1.c1ccc(OCC2CO2)cc1. The molecule has 6 heteroatoms. The zero-order valence-electron chi connectivity index (χ0n) is 57.0. The van der Waals surface area contributed by atoms with E-state index in [1.807, 2.05) is 212 Å². The molecular formula is C77H124O6. The van der Waals surface area contributed by atoms with Crippen molar-refractivity contribution in [1.29, 1.82) is 0 Å². The monoisotopic (exact) mass is 1140 g/mol. The molecule has 7 aromatic rings. The molecule has 0 amide bonds. The standard InChI is InChI=1S/2C12H10.3C9H10O2.4C3H8.7C2H6/c2*1-3-7-11(8-4-1)12-9-5-2-6-10-12;3*1-2-4-8(5-3-1)10-6-9-7-11-9;4*1-3-2;7*1-2/h2*1-10H;3*1-5,9H,6-7H2;4*3H2,1-2H3;7*1-2H3. The Hall–Kier alpha value is -6.18. The molecule has 3 saturated heterocycles. The average molecular weight is 1150 g/mol. The normalized spacial score (nSPS) is 12.6. The minimum Gasteiger partial charge on any atom is -0.491 e. The van der Waals surface area contributed by atoms with E-state index >= 15 is 0 Å². The molecule has 3 aliphatic heterocycles. The lowest BCUT2D eigenvalue weighted by atomic mass is 10.1. The first-order valence-corrected chi connectivity index (χ1v) is 32.0. The smallest absolute Gasteiger partial charge is 0.119 e. The summed E-state index contributed by atoms with van der Waals surface area (Å²) in [5.41, 5.74) is 5.10. The fourth-order valence-electron chi connectivity index (χ4n) is 5.13. The van der Waals surface area contributed by atoms with Crippen LogP contribution < -0.4 is 14.2 Å². The second-order valence-corrected chi connectivity index (χ2v) is 16.0. The molecule has 0 saturated carbocycles. The van der Waals surface area contributed by atoms with E-state index in [0.717, 1.165) is 37.1 Å². The summed E-state index contributed by atoms with van der Waals surface area (Å²) in [5, 5.41) is 0. The van der Waals surface area contributed by atoms with Crippen molar-refractivity contribution in [2.75, 3.05) is 39.6 Å². The van der Waals surface area contributed by atoms with Crippen LogP contribution in [0.3, 0.4) is 0 Å². The van der Waals surface area contributed by atoms with Crippen LogP contribution in [0.15, 0.2) is 212 Å². The van der Waals surface area contributed by atoms with E-state index in [-0.39, 0.29) is 0 Å². The second-order valence-electron chi connectivity index (χ2n) is 16.0. The van der Waals surface area contributed by atoms with E-state index in [2.05, 4.69) is 152 Å². The van der Waals surface area contributed by atoms with Crippen molar-refractivity contribution in [1.82, 2.24) is 0 Å². The van der Waals surface area contributed by atoms with Crippen molar-refractivity contribution < 1.29 is 28.4 Å². The van der Waals surface area contributed by atoms with Gasteiger partial charge in [0.2, 0.25) is 0 Å². The molecule has 0 aromatic heterocycles. The number of para-hydroxylation sites is 3. The Kier molecular flexibility index (Phi) is 80.4. The van der Waals surface area contributed by atoms with Crippen LogP contribution in [0.4, 0.5) is 0 Å². The lowest BCUT2D eigenvalue weighted by Gasteiger charge is -2.01. The van der Waals surface area contributed by atoms with Crippen LogP contribution >= 0.6 is 0 Å². The zero-order valence-corrected chi connectivity index (χ0v) is 57.0. The van der Waals surface area contributed by atoms with Crippen molar-refractivity contribution in [2.45, 2.75) is 196 Å². The number of hydrogen-bond acceptors (Lipinski definition) is 6. The maximum atomic E-state index is 5.40. The van der Waals surface area contributed by atoms with Gasteiger partial charge in [-0.1, -0.05) is 354 Å². The van der Waals surface area contributed by atoms with E-state index in [1.165, 1.54) is 47.9 Å². The molecule has 83 heavy (non-hydrogen) atoms. The van der Waals surface area contributed by atoms with Gasteiger partial charge in [0.25, 0.3) is 0 Å². The van der Waals surface area contributed by atoms with Gasteiger partial charge < -0.3 is 28.4 Å². The summed E-state index contributed by atoms with van der Waals surface area (Å²) in [7, 11) is 0. The Balaban J connectivity index is -0.000000203. The van der Waals surface area contributed by atoms with Gasteiger partial charge in [-0.15, -0.1) is 0 Å². The average Bonchev–Trinajstić information content (AvgIpc) is 4.43. The number of benzene rings is 7. The Labute approximate surface area is 513 Å². The van der Waals surface area contributed by atoms with E-state index in [0.29, 0.717) is 38.1 Å². The molecule has 468 valence electrons. The van der Waals surface area contributed by atoms with Gasteiger partial charge in [0.15, 0.2) is 0 Å². The second kappa shape index (κ2) is 75.8. The summed E-state index contributed by atoms with van der Waals surface area (Å²) >= 11 is 0. The van der Waals surface area contributed by atoms with Gasteiger partial charge in [-0.2, -0.15) is 0 Å². The fraction of sp³-hybridized carbons (Fsp3) is 0.455. The molecule has 0 bridgehead atoms. The third-order valence-electron chi connectivity index (χ3n) is 8.51. The highest BCUT2D eigenvalue weighted by atomic mass is 16.6. The Morgan fingerprint density at radius 1 is 0.241 bits per heavy atom. The van der Waals surface area contributed by atoms with Crippen molar-refractivity contribution >= 4 is 0 Å². The summed E-state index contributed by atoms with van der Waals surface area (Å²) in [6, 6.07) is 70.9. The van der Waals surface area contributed by atoms with E-state index in [9.17, 15) is 0 Å². The van der Waals surface area contributed by atoms with Crippen LogP contribution in [0.5, 0.6) is 17.2 Å². The van der Waals surface area contributed by atoms with Crippen molar-refractivity contribution in [3.8, 4) is 39.5 Å². The van der Waals surface area contributed by atoms with E-state index in [4.69, 9.17) is 28.4 Å². The number of hydrogen-bond donors (Lipinski definition) is 0. The molecule has 0 N–H and O–H groups in total. The predicted molar refractivity (Wildman–Crippen MR) is 372 cm³/mol. The van der Waals surface area contributed by atoms with E-state index < -0.39 is 0 Å². The highest BCUT2D eigenvalue weighted by Crippen LogP contribution is 2.19. The first-order valence-electron chi connectivity index (χ1n) is 32.0. The summed E-state index contributed by atoms with van der Waals surface area (Å²) in [5.74, 6) is 2.76. The lowest BCUT2D eigenvalue weighted by Crippen LogP contribution is -2.03. The quantitative estimate of drug-likeness (QED) is 0.120. The minimum absolute atomic E-state index is 0.343. The Morgan fingerprint density at radius 3 is 0.482 bits per heavy atom. The first-order chi connectivity index (χ1) is 40.9. The van der Waals surface area contributed by atoms with Gasteiger partial charge in [-0.25, -0.2) is 0 Å². The molecule has 0 spiro atoms. The molecular weight excluding hydrogens is 1020 g/mol. The zero-order chi connectivity index (χ0) is 63.8. The lowest BCUT2D eigenvalue weighted by molar-refractivity contribution is 0.263. The van der Waals surface area contributed by atoms with Gasteiger partial charge in [0.05, 0.1) is 19.8 Å². The van der Waals surface area contributed by atoms with Crippen LogP contribution in [0, 0.1) is 0 Å². The molecule has 10 rings (SSSR count). The molecule has 6 nitrogen and oxygen atoms in total. The highest BCUT2D eigenvalue weighted by molar-refractivity contribution is 5.63. The van der Waals surface area contributed by atoms with Crippen LogP contribution in [0.25, 0.3) is 22.3 Å². The number of rotatable bonds is 11. The largest absolute Gasteiger partial charge is 0.491 e. The van der Waals surface area contributed by atoms with Crippen molar-refractivity contribution in [3.05, 3.63) is 212 Å².